The van der Waals surface area contributed by atoms with Crippen LogP contribution in [0, 0.1) is 11.8 Å². The normalized spacial score (nSPS) is 31.8. The van der Waals surface area contributed by atoms with Crippen LogP contribution in [0.15, 0.2) is 36.0 Å². The SMILES string of the molecule is CCC(O)C(C)C1OC1CC(C)(O)C=CC=C(C)C1OC(=O)CC(O)CCC(C)(OC)C(OC(=O)N(C)CCCN(C)C)C=CC1C. The molecule has 47 heavy (non-hydrogen) atoms. The van der Waals surface area contributed by atoms with Crippen molar-refractivity contribution in [3.05, 3.63) is 36.0 Å². The molecule has 0 spiro atoms. The highest BCUT2D eigenvalue weighted by atomic mass is 16.6. The van der Waals surface area contributed by atoms with Crippen LogP contribution < -0.4 is 0 Å². The summed E-state index contributed by atoms with van der Waals surface area (Å²) in [5.74, 6) is -0.851. The molecule has 10 atom stereocenters. The van der Waals surface area contributed by atoms with Crippen molar-refractivity contribution >= 4 is 12.1 Å². The Morgan fingerprint density at radius 2 is 1.94 bits per heavy atom. The number of amides is 1. The highest BCUT2D eigenvalue weighted by molar-refractivity contribution is 5.70. The lowest BCUT2D eigenvalue weighted by molar-refractivity contribution is -0.151. The Labute approximate surface area is 282 Å². The van der Waals surface area contributed by atoms with Crippen molar-refractivity contribution in [1.29, 1.82) is 0 Å². The lowest BCUT2D eigenvalue weighted by Crippen LogP contribution is -2.46. The van der Waals surface area contributed by atoms with Gasteiger partial charge in [-0.2, -0.15) is 0 Å². The largest absolute Gasteiger partial charge is 0.457 e. The van der Waals surface area contributed by atoms with E-state index in [2.05, 4.69) is 4.90 Å². The van der Waals surface area contributed by atoms with Gasteiger partial charge in [0.05, 0.1) is 36.4 Å². The minimum Gasteiger partial charge on any atom is -0.457 e. The standard InChI is InChI=1S/C36H62N2O9/c1-11-28(40)26(4)33-29(45-33)23-35(5,43)18-12-14-24(2)32-25(3)15-16-30(46-34(42)38(9)21-13-20-37(7)8)36(6,44-10)19-17-27(39)22-31(41)47-32/h12,14-16,18,25-30,32-33,39-40,43H,11,13,17,19-23H2,1-10H3. The van der Waals surface area contributed by atoms with Gasteiger partial charge in [0.15, 0.2) is 6.10 Å². The molecule has 0 radical (unpaired) electrons. The maximum absolute atomic E-state index is 13.1. The number of esters is 1. The Kier molecular flexibility index (Phi) is 16.1. The van der Waals surface area contributed by atoms with E-state index in [-0.39, 0.29) is 36.9 Å². The number of rotatable bonds is 14. The zero-order valence-corrected chi connectivity index (χ0v) is 30.3. The van der Waals surface area contributed by atoms with Gasteiger partial charge in [0.1, 0.15) is 11.7 Å². The molecule has 2 heterocycles. The smallest absolute Gasteiger partial charge is 0.410 e. The Balaban J connectivity index is 2.24. The number of methoxy groups -OCH3 is 1. The van der Waals surface area contributed by atoms with Gasteiger partial charge in [-0.25, -0.2) is 4.79 Å². The predicted molar refractivity (Wildman–Crippen MR) is 182 cm³/mol. The van der Waals surface area contributed by atoms with Crippen molar-refractivity contribution in [3.8, 4) is 0 Å². The summed E-state index contributed by atoms with van der Waals surface area (Å²) in [6.07, 6.45) is 7.59. The third kappa shape index (κ3) is 13.3. The summed E-state index contributed by atoms with van der Waals surface area (Å²) in [7, 11) is 7.22. The van der Waals surface area contributed by atoms with Crippen molar-refractivity contribution in [3.63, 3.8) is 0 Å². The number of epoxide rings is 1. The van der Waals surface area contributed by atoms with E-state index in [4.69, 9.17) is 18.9 Å². The van der Waals surface area contributed by atoms with E-state index in [0.717, 1.165) is 18.5 Å². The molecule has 0 aromatic heterocycles. The van der Waals surface area contributed by atoms with Crippen molar-refractivity contribution in [2.75, 3.05) is 41.3 Å². The van der Waals surface area contributed by atoms with Gasteiger partial charge in [-0.1, -0.05) is 45.1 Å². The lowest BCUT2D eigenvalue weighted by atomic mass is 9.88. The number of carbonyl (C=O) groups excluding carboxylic acids is 2. The minimum atomic E-state index is -1.15. The summed E-state index contributed by atoms with van der Waals surface area (Å²) in [6.45, 7) is 12.6. The van der Waals surface area contributed by atoms with Crippen molar-refractivity contribution < 1.29 is 43.9 Å². The van der Waals surface area contributed by atoms with E-state index >= 15 is 0 Å². The number of hydrogen-bond donors (Lipinski definition) is 3. The van der Waals surface area contributed by atoms with Gasteiger partial charge in [-0.15, -0.1) is 0 Å². The fourth-order valence-electron chi connectivity index (χ4n) is 5.92. The third-order valence-corrected chi connectivity index (χ3v) is 9.45. The second kappa shape index (κ2) is 18.5. The molecule has 0 saturated carbocycles. The number of aliphatic hydroxyl groups excluding tert-OH is 2. The van der Waals surface area contributed by atoms with Crippen LogP contribution in [0.25, 0.3) is 0 Å². The van der Waals surface area contributed by atoms with Crippen LogP contribution >= 0.6 is 0 Å². The molecular formula is C36H62N2O9. The van der Waals surface area contributed by atoms with Gasteiger partial charge in [-0.05, 0) is 78.7 Å². The highest BCUT2D eigenvalue weighted by Crippen LogP contribution is 2.37. The second-order valence-corrected chi connectivity index (χ2v) is 14.3. The Hall–Kier alpha value is -2.28. The van der Waals surface area contributed by atoms with Gasteiger partial charge in [0.25, 0.3) is 0 Å². The van der Waals surface area contributed by atoms with Gasteiger partial charge in [0, 0.05) is 39.0 Å². The molecule has 11 heteroatoms. The summed E-state index contributed by atoms with van der Waals surface area (Å²) in [6, 6.07) is 0. The Morgan fingerprint density at radius 3 is 2.55 bits per heavy atom. The average Bonchev–Trinajstić information content (AvgIpc) is 3.76. The molecule has 10 unspecified atom stereocenters. The number of cyclic esters (lactones) is 1. The van der Waals surface area contributed by atoms with Crippen molar-refractivity contribution in [2.45, 2.75) is 128 Å². The number of nitrogens with zero attached hydrogens (tertiary/aromatic N) is 2. The molecular weight excluding hydrogens is 604 g/mol. The van der Waals surface area contributed by atoms with Crippen LogP contribution in [0.4, 0.5) is 4.79 Å². The monoisotopic (exact) mass is 666 g/mol. The fraction of sp³-hybridized carbons (Fsp3) is 0.778. The number of allylic oxidation sites excluding steroid dienone is 2. The van der Waals surface area contributed by atoms with Crippen molar-refractivity contribution in [2.24, 2.45) is 11.8 Å². The molecule has 2 rings (SSSR count). The number of carbonyl (C=O) groups is 2. The summed E-state index contributed by atoms with van der Waals surface area (Å²) in [4.78, 5) is 29.6. The fourth-order valence-corrected chi connectivity index (χ4v) is 5.92. The van der Waals surface area contributed by atoms with Gasteiger partial charge < -0.3 is 44.1 Å². The summed E-state index contributed by atoms with van der Waals surface area (Å²) < 4.78 is 23.5. The third-order valence-electron chi connectivity index (χ3n) is 9.45. The molecule has 1 amide bonds. The Bertz CT molecular complexity index is 1090. The molecule has 2 aliphatic heterocycles. The minimum absolute atomic E-state index is 0.00497. The van der Waals surface area contributed by atoms with E-state index in [1.807, 2.05) is 54.8 Å². The van der Waals surface area contributed by atoms with E-state index in [9.17, 15) is 24.9 Å². The van der Waals surface area contributed by atoms with Crippen LogP contribution in [-0.2, 0) is 23.7 Å². The molecule has 1 saturated heterocycles. The summed E-state index contributed by atoms with van der Waals surface area (Å²) >= 11 is 0. The van der Waals surface area contributed by atoms with Gasteiger partial charge >= 0.3 is 12.1 Å². The maximum atomic E-state index is 13.1. The average molecular weight is 667 g/mol. The number of ether oxygens (including phenoxy) is 4. The number of hydrogen-bond acceptors (Lipinski definition) is 10. The Morgan fingerprint density at radius 1 is 1.26 bits per heavy atom. The first kappa shape index (κ1) is 40.9. The van der Waals surface area contributed by atoms with Crippen LogP contribution in [-0.4, -0.2) is 126 Å². The van der Waals surface area contributed by atoms with E-state index < -0.39 is 47.7 Å². The van der Waals surface area contributed by atoms with Crippen LogP contribution in [0.3, 0.4) is 0 Å². The van der Waals surface area contributed by atoms with E-state index in [1.165, 1.54) is 0 Å². The summed E-state index contributed by atoms with van der Waals surface area (Å²) in [5, 5.41) is 31.9. The maximum Gasteiger partial charge on any atom is 0.410 e. The molecule has 1 fully saturated rings. The van der Waals surface area contributed by atoms with Gasteiger partial charge in [0.2, 0.25) is 0 Å². The lowest BCUT2D eigenvalue weighted by Gasteiger charge is -2.36. The predicted octanol–water partition coefficient (Wildman–Crippen LogP) is 4.25. The zero-order chi connectivity index (χ0) is 35.5. The van der Waals surface area contributed by atoms with Crippen LogP contribution in [0.2, 0.25) is 0 Å². The quantitative estimate of drug-likeness (QED) is 0.107. The van der Waals surface area contributed by atoms with Crippen LogP contribution in [0.1, 0.15) is 80.1 Å². The zero-order valence-electron chi connectivity index (χ0n) is 30.3. The highest BCUT2D eigenvalue weighted by Gasteiger charge is 2.47. The first-order chi connectivity index (χ1) is 21.9. The second-order valence-electron chi connectivity index (χ2n) is 14.3. The van der Waals surface area contributed by atoms with E-state index in [1.54, 1.807) is 50.3 Å². The van der Waals surface area contributed by atoms with Crippen LogP contribution in [0.5, 0.6) is 0 Å². The molecule has 0 aromatic rings. The molecule has 2 aliphatic rings. The number of aliphatic hydroxyl groups is 3. The molecule has 270 valence electrons. The molecule has 0 aromatic carbocycles. The van der Waals surface area contributed by atoms with Crippen molar-refractivity contribution in [1.82, 2.24) is 9.80 Å². The van der Waals surface area contributed by atoms with Gasteiger partial charge in [-0.3, -0.25) is 4.79 Å². The first-order valence-corrected chi connectivity index (χ1v) is 17.0. The van der Waals surface area contributed by atoms with E-state index in [0.29, 0.717) is 25.8 Å². The molecule has 3 N–H and O–H groups in total. The molecule has 0 aliphatic carbocycles. The molecule has 0 bridgehead atoms. The topological polar surface area (TPSA) is 142 Å². The first-order valence-electron chi connectivity index (χ1n) is 17.0. The summed E-state index contributed by atoms with van der Waals surface area (Å²) in [5.41, 5.74) is -1.36. The molecule has 11 nitrogen and oxygen atoms in total.